The summed E-state index contributed by atoms with van der Waals surface area (Å²) in [4.78, 5) is 2.44. The molecule has 0 N–H and O–H groups in total. The van der Waals surface area contributed by atoms with E-state index in [0.717, 1.165) is 38.2 Å². The number of ether oxygens (including phenoxy) is 1. The molecule has 0 saturated carbocycles. The molecule has 0 aromatic heterocycles. The highest BCUT2D eigenvalue weighted by atomic mass is 16.5. The van der Waals surface area contributed by atoms with Crippen LogP contribution in [-0.4, -0.2) is 30.6 Å². The first kappa shape index (κ1) is 11.9. The fourth-order valence-corrected chi connectivity index (χ4v) is 2.14. The predicted octanol–water partition coefficient (Wildman–Crippen LogP) is 2.42. The number of nitriles is 1. The fourth-order valence-electron chi connectivity index (χ4n) is 2.14. The highest BCUT2D eigenvalue weighted by molar-refractivity contribution is 5.34. The monoisotopic (exact) mass is 230 g/mol. The first-order valence-corrected chi connectivity index (χ1v) is 6.21. The standard InChI is InChI=1S/C14H18N2O/c1-2-16-9-7-14(8-10-16)17-13-5-3-12(11-15)4-6-13/h3-6,14H,2,7-10H2,1H3. The van der Waals surface area contributed by atoms with Gasteiger partial charge in [-0.25, -0.2) is 0 Å². The van der Waals surface area contributed by atoms with Crippen molar-refractivity contribution in [2.24, 2.45) is 0 Å². The van der Waals surface area contributed by atoms with Crippen LogP contribution in [0.25, 0.3) is 0 Å². The zero-order valence-corrected chi connectivity index (χ0v) is 10.2. The van der Waals surface area contributed by atoms with E-state index in [4.69, 9.17) is 10.00 Å². The molecule has 0 bridgehead atoms. The minimum Gasteiger partial charge on any atom is -0.490 e. The highest BCUT2D eigenvalue weighted by Crippen LogP contribution is 2.19. The van der Waals surface area contributed by atoms with Crippen LogP contribution in [0, 0.1) is 11.3 Å². The second-order valence-electron chi connectivity index (χ2n) is 4.39. The van der Waals surface area contributed by atoms with E-state index in [1.54, 1.807) is 12.1 Å². The Kier molecular flexibility index (Phi) is 4.00. The van der Waals surface area contributed by atoms with Gasteiger partial charge in [-0.2, -0.15) is 5.26 Å². The number of rotatable bonds is 3. The maximum absolute atomic E-state index is 8.71. The van der Waals surface area contributed by atoms with Crippen LogP contribution in [0.3, 0.4) is 0 Å². The van der Waals surface area contributed by atoms with Crippen LogP contribution in [0.4, 0.5) is 0 Å². The Morgan fingerprint density at radius 3 is 2.47 bits per heavy atom. The number of benzene rings is 1. The molecule has 2 rings (SSSR count). The van der Waals surface area contributed by atoms with Gasteiger partial charge in [-0.05, 0) is 43.7 Å². The van der Waals surface area contributed by atoms with E-state index in [0.29, 0.717) is 11.7 Å². The molecule has 1 aliphatic heterocycles. The van der Waals surface area contributed by atoms with E-state index in [1.807, 2.05) is 12.1 Å². The number of likely N-dealkylation sites (tertiary alicyclic amines) is 1. The molecule has 1 heterocycles. The Morgan fingerprint density at radius 1 is 1.29 bits per heavy atom. The highest BCUT2D eigenvalue weighted by Gasteiger charge is 2.19. The third-order valence-electron chi connectivity index (χ3n) is 3.27. The molecule has 0 atom stereocenters. The topological polar surface area (TPSA) is 36.3 Å². The van der Waals surface area contributed by atoms with Gasteiger partial charge in [-0.3, -0.25) is 0 Å². The van der Waals surface area contributed by atoms with E-state index >= 15 is 0 Å². The Labute approximate surface area is 103 Å². The summed E-state index contributed by atoms with van der Waals surface area (Å²) in [6, 6.07) is 9.47. The molecule has 0 aliphatic carbocycles. The van der Waals surface area contributed by atoms with Crippen molar-refractivity contribution in [3.05, 3.63) is 29.8 Å². The van der Waals surface area contributed by atoms with Crippen molar-refractivity contribution in [1.29, 1.82) is 5.26 Å². The molecule has 0 radical (unpaired) electrons. The SMILES string of the molecule is CCN1CCC(Oc2ccc(C#N)cc2)CC1. The van der Waals surface area contributed by atoms with Gasteiger partial charge in [0, 0.05) is 13.1 Å². The molecule has 1 fully saturated rings. The lowest BCUT2D eigenvalue weighted by molar-refractivity contribution is 0.104. The van der Waals surface area contributed by atoms with E-state index in [-0.39, 0.29) is 0 Å². The van der Waals surface area contributed by atoms with Gasteiger partial charge < -0.3 is 9.64 Å². The number of hydrogen-bond donors (Lipinski definition) is 0. The average molecular weight is 230 g/mol. The minimum atomic E-state index is 0.325. The van der Waals surface area contributed by atoms with Crippen LogP contribution >= 0.6 is 0 Å². The van der Waals surface area contributed by atoms with Crippen LogP contribution < -0.4 is 4.74 Å². The summed E-state index contributed by atoms with van der Waals surface area (Å²) in [6.45, 7) is 5.57. The summed E-state index contributed by atoms with van der Waals surface area (Å²) in [5.41, 5.74) is 0.679. The lowest BCUT2D eigenvalue weighted by atomic mass is 10.1. The Hall–Kier alpha value is -1.53. The van der Waals surface area contributed by atoms with Crippen molar-refractivity contribution in [2.75, 3.05) is 19.6 Å². The van der Waals surface area contributed by atoms with Crippen molar-refractivity contribution in [2.45, 2.75) is 25.9 Å². The van der Waals surface area contributed by atoms with Crippen LogP contribution in [0.2, 0.25) is 0 Å². The molecule has 1 aromatic carbocycles. The van der Waals surface area contributed by atoms with Gasteiger partial charge >= 0.3 is 0 Å². The van der Waals surface area contributed by atoms with Crippen molar-refractivity contribution in [3.8, 4) is 11.8 Å². The quantitative estimate of drug-likeness (QED) is 0.800. The molecule has 3 heteroatoms. The maximum Gasteiger partial charge on any atom is 0.119 e. The van der Waals surface area contributed by atoms with Gasteiger partial charge in [0.05, 0.1) is 11.6 Å². The van der Waals surface area contributed by atoms with Gasteiger partial charge in [-0.15, -0.1) is 0 Å². The summed E-state index contributed by atoms with van der Waals surface area (Å²) in [7, 11) is 0. The largest absolute Gasteiger partial charge is 0.490 e. The smallest absolute Gasteiger partial charge is 0.119 e. The molecule has 17 heavy (non-hydrogen) atoms. The number of nitrogens with zero attached hydrogens (tertiary/aromatic N) is 2. The normalized spacial score (nSPS) is 17.6. The van der Waals surface area contributed by atoms with E-state index in [2.05, 4.69) is 17.9 Å². The van der Waals surface area contributed by atoms with Crippen molar-refractivity contribution >= 4 is 0 Å². The van der Waals surface area contributed by atoms with E-state index < -0.39 is 0 Å². The molecule has 90 valence electrons. The third kappa shape index (κ3) is 3.21. The summed E-state index contributed by atoms with van der Waals surface area (Å²) < 4.78 is 5.91. The lowest BCUT2D eigenvalue weighted by Gasteiger charge is -2.31. The fraction of sp³-hybridized carbons (Fsp3) is 0.500. The van der Waals surface area contributed by atoms with E-state index in [9.17, 15) is 0 Å². The summed E-state index contributed by atoms with van der Waals surface area (Å²) in [5.74, 6) is 0.874. The minimum absolute atomic E-state index is 0.325. The molecule has 0 amide bonds. The Bertz CT molecular complexity index is 386. The lowest BCUT2D eigenvalue weighted by Crippen LogP contribution is -2.37. The predicted molar refractivity (Wildman–Crippen MR) is 66.9 cm³/mol. The Balaban J connectivity index is 1.87. The van der Waals surface area contributed by atoms with Gasteiger partial charge in [0.15, 0.2) is 0 Å². The maximum atomic E-state index is 8.71. The van der Waals surface area contributed by atoms with Crippen LogP contribution in [0.15, 0.2) is 24.3 Å². The zero-order valence-electron chi connectivity index (χ0n) is 10.2. The van der Waals surface area contributed by atoms with Crippen LogP contribution in [0.5, 0.6) is 5.75 Å². The van der Waals surface area contributed by atoms with Gasteiger partial charge in [-0.1, -0.05) is 6.92 Å². The molecule has 1 aliphatic rings. The molecular weight excluding hydrogens is 212 g/mol. The average Bonchev–Trinajstić information content (AvgIpc) is 2.40. The molecule has 1 saturated heterocycles. The first-order valence-electron chi connectivity index (χ1n) is 6.21. The molecular formula is C14H18N2O. The van der Waals surface area contributed by atoms with Gasteiger partial charge in [0.2, 0.25) is 0 Å². The second kappa shape index (κ2) is 5.70. The molecule has 0 spiro atoms. The molecule has 3 nitrogen and oxygen atoms in total. The zero-order chi connectivity index (χ0) is 12.1. The third-order valence-corrected chi connectivity index (χ3v) is 3.27. The van der Waals surface area contributed by atoms with Crippen molar-refractivity contribution < 1.29 is 4.74 Å². The molecule has 0 unspecified atom stereocenters. The van der Waals surface area contributed by atoms with Gasteiger partial charge in [0.25, 0.3) is 0 Å². The van der Waals surface area contributed by atoms with Crippen molar-refractivity contribution in [3.63, 3.8) is 0 Å². The summed E-state index contributed by atoms with van der Waals surface area (Å²) in [5, 5.41) is 8.71. The Morgan fingerprint density at radius 2 is 1.94 bits per heavy atom. The second-order valence-corrected chi connectivity index (χ2v) is 4.39. The summed E-state index contributed by atoms with van der Waals surface area (Å²) in [6.07, 6.45) is 2.51. The van der Waals surface area contributed by atoms with Gasteiger partial charge in [0.1, 0.15) is 11.9 Å². The summed E-state index contributed by atoms with van der Waals surface area (Å²) >= 11 is 0. The van der Waals surface area contributed by atoms with Crippen LogP contribution in [0.1, 0.15) is 25.3 Å². The van der Waals surface area contributed by atoms with Crippen molar-refractivity contribution in [1.82, 2.24) is 4.90 Å². The number of hydrogen-bond acceptors (Lipinski definition) is 3. The first-order chi connectivity index (χ1) is 8.31. The van der Waals surface area contributed by atoms with E-state index in [1.165, 1.54) is 0 Å². The molecule has 1 aromatic rings. The number of piperidine rings is 1. The van der Waals surface area contributed by atoms with Crippen LogP contribution in [-0.2, 0) is 0 Å².